The molecule has 332 valence electrons. The van der Waals surface area contributed by atoms with Crippen LogP contribution in [-0.4, -0.2) is 109 Å². The number of fused-ring (bicyclic) bond motifs is 2. The summed E-state index contributed by atoms with van der Waals surface area (Å²) in [6.45, 7) is 7.99. The molecule has 4 aliphatic heterocycles. The van der Waals surface area contributed by atoms with Crippen LogP contribution < -0.4 is 40.5 Å². The average Bonchev–Trinajstić information content (AvgIpc) is 3.88. The molecule has 0 aliphatic carbocycles. The first-order chi connectivity index (χ1) is 29.4. The molecule has 2 amide bonds. The molecule has 0 radical (unpaired) electrons. The number of benzene rings is 2. The van der Waals surface area contributed by atoms with Crippen LogP contribution in [-0.2, 0) is 19.1 Å². The van der Waals surface area contributed by atoms with Crippen molar-refractivity contribution in [1.82, 2.24) is 19.9 Å². The lowest BCUT2D eigenvalue weighted by Crippen LogP contribution is -2.45. The molecule has 2 fully saturated rings. The predicted octanol–water partition coefficient (Wildman–Crippen LogP) is 5.26. The van der Waals surface area contributed by atoms with Gasteiger partial charge in [-0.05, 0) is 40.5 Å². The van der Waals surface area contributed by atoms with Gasteiger partial charge >= 0.3 is 0 Å². The lowest BCUT2D eigenvalue weighted by molar-refractivity contribution is -0.118. The van der Waals surface area contributed by atoms with E-state index in [2.05, 4.69) is 41.2 Å². The van der Waals surface area contributed by atoms with Gasteiger partial charge in [0.25, 0.3) is 0 Å². The number of amides is 2. The van der Waals surface area contributed by atoms with Crippen LogP contribution in [0.4, 0.5) is 61.2 Å². The summed E-state index contributed by atoms with van der Waals surface area (Å²) in [5.41, 5.74) is 2.45. The summed E-state index contributed by atoms with van der Waals surface area (Å²) < 4.78 is 101. The monoisotopic (exact) mass is 874 g/mol. The number of halogens is 6. The number of hydrogen-bond donors (Lipinski definition) is 4. The third-order valence-corrected chi connectivity index (χ3v) is 10.8. The highest BCUT2D eigenvalue weighted by Crippen LogP contribution is 2.34. The number of likely N-dealkylation sites (N-methyl/N-ethyl adjacent to an activating group) is 2. The van der Waals surface area contributed by atoms with E-state index in [1.807, 2.05) is 0 Å². The van der Waals surface area contributed by atoms with Crippen molar-refractivity contribution in [2.75, 3.05) is 71.6 Å². The molecular formula is C40H44F6N10O6. The molecule has 22 heteroatoms. The first-order valence-electron chi connectivity index (χ1n) is 19.6. The molecule has 4 aromatic rings. The molecule has 62 heavy (non-hydrogen) atoms. The number of carbonyl (C=O) groups is 2. The van der Waals surface area contributed by atoms with Gasteiger partial charge in [-0.3, -0.25) is 9.59 Å². The Hall–Kier alpha value is -6.16. The van der Waals surface area contributed by atoms with Crippen LogP contribution in [0.5, 0.6) is 11.5 Å². The Morgan fingerprint density at radius 3 is 1.35 bits per heavy atom. The van der Waals surface area contributed by atoms with Crippen LogP contribution in [0.2, 0.25) is 0 Å². The summed E-state index contributed by atoms with van der Waals surface area (Å²) in [7, 11) is 3.59. The van der Waals surface area contributed by atoms with E-state index in [1.165, 1.54) is 0 Å². The minimum Gasteiger partial charge on any atom is -0.491 e. The second-order valence-electron chi connectivity index (χ2n) is 15.3. The molecule has 0 saturated carbocycles. The number of aryl methyl sites for hydroxylation is 2. The summed E-state index contributed by atoms with van der Waals surface area (Å²) in [4.78, 5) is 45.5. The fraction of sp³-hybridized carbons (Fsp3) is 0.450. The molecular weight excluding hydrogens is 830 g/mol. The van der Waals surface area contributed by atoms with E-state index in [9.17, 15) is 35.9 Å². The Balaban J connectivity index is 0.000000186. The van der Waals surface area contributed by atoms with Gasteiger partial charge in [0, 0.05) is 38.4 Å². The number of hydrogen-bond acceptors (Lipinski definition) is 14. The summed E-state index contributed by atoms with van der Waals surface area (Å²) in [6, 6.07) is 2.26. The number of nitrogens with one attached hydrogen (secondary N) is 4. The van der Waals surface area contributed by atoms with Gasteiger partial charge in [0.05, 0.1) is 48.9 Å². The average molecular weight is 875 g/mol. The van der Waals surface area contributed by atoms with E-state index < -0.39 is 34.9 Å². The molecule has 16 nitrogen and oxygen atoms in total. The van der Waals surface area contributed by atoms with Crippen molar-refractivity contribution < 1.29 is 54.9 Å². The number of anilines is 6. The van der Waals surface area contributed by atoms with Crippen LogP contribution in [0.15, 0.2) is 24.3 Å². The van der Waals surface area contributed by atoms with Crippen LogP contribution in [0.3, 0.4) is 0 Å². The number of aromatic nitrogens is 4. The maximum atomic E-state index is 13.3. The minimum absolute atomic E-state index is 0.0546. The van der Waals surface area contributed by atoms with Gasteiger partial charge < -0.3 is 50.0 Å². The molecule has 4 aliphatic rings. The summed E-state index contributed by atoms with van der Waals surface area (Å²) in [5, 5.41) is 12.1. The highest BCUT2D eigenvalue weighted by atomic mass is 19.2. The molecule has 8 rings (SSSR count). The number of rotatable bonds is 10. The second kappa shape index (κ2) is 18.1. The lowest BCUT2D eigenvalue weighted by Gasteiger charge is -2.32. The number of ether oxygens (including phenoxy) is 4. The second-order valence-corrected chi connectivity index (χ2v) is 15.3. The zero-order valence-corrected chi connectivity index (χ0v) is 34.4. The van der Waals surface area contributed by atoms with Crippen molar-refractivity contribution in [2.24, 2.45) is 0 Å². The van der Waals surface area contributed by atoms with Crippen molar-refractivity contribution in [3.63, 3.8) is 0 Å². The first kappa shape index (κ1) is 43.9. The van der Waals surface area contributed by atoms with Gasteiger partial charge in [-0.15, -0.1) is 0 Å². The van der Waals surface area contributed by atoms with E-state index in [4.69, 9.17) is 18.9 Å². The fourth-order valence-electron chi connectivity index (χ4n) is 7.04. The Bertz CT molecular complexity index is 2160. The number of carbonyl (C=O) groups excluding carboxylic acids is 2. The SMILES string of the molecule is Cc1nc(N[C@@H]2CO[C@H](COc3cc(F)c(F)c(F)c3)C2)nc2c1NC(=O)[C@H](C)N2C.Cc1nc(N[C@H]2CO[C@@H](COc3cc(F)c(F)c(F)c3)C2)nc2c1NC(=O)[C@H](C)N2C. The standard InChI is InChI=1S/2C20H22F3N5O3/c2*1-9-17-18(28(3)10(2)19(29)26-17)27-20(24-9)25-11-4-13(30-7-11)8-31-12-5-14(21)16(23)15(22)6-12/h2*5-6,10-11,13H,4,7-8H2,1-3H3,(H,26,29)(H,24,25,27)/t10-,11+,13+;10-,11-,13-/m00/s1. The van der Waals surface area contributed by atoms with Gasteiger partial charge in [-0.1, -0.05) is 0 Å². The van der Waals surface area contributed by atoms with E-state index in [1.54, 1.807) is 51.6 Å². The Labute approximate surface area is 351 Å². The summed E-state index contributed by atoms with van der Waals surface area (Å²) in [6.07, 6.45) is 0.451. The van der Waals surface area contributed by atoms with Gasteiger partial charge in [0.1, 0.15) is 48.2 Å². The van der Waals surface area contributed by atoms with Crippen LogP contribution >= 0.6 is 0 Å². The highest BCUT2D eigenvalue weighted by molar-refractivity contribution is 6.03. The number of nitrogens with zero attached hydrogens (tertiary/aromatic N) is 6. The third-order valence-electron chi connectivity index (χ3n) is 10.8. The van der Waals surface area contributed by atoms with Gasteiger partial charge in [-0.25, -0.2) is 36.3 Å². The predicted molar refractivity (Wildman–Crippen MR) is 214 cm³/mol. The van der Waals surface area contributed by atoms with Gasteiger partial charge in [0.15, 0.2) is 46.5 Å². The maximum Gasteiger partial charge on any atom is 0.246 e. The largest absolute Gasteiger partial charge is 0.491 e. The zero-order chi connectivity index (χ0) is 44.6. The summed E-state index contributed by atoms with van der Waals surface area (Å²) >= 11 is 0. The normalized spacial score (nSPS) is 22.8. The van der Waals surface area contributed by atoms with E-state index >= 15 is 0 Å². The van der Waals surface area contributed by atoms with Gasteiger partial charge in [0.2, 0.25) is 23.7 Å². The first-order valence-corrected chi connectivity index (χ1v) is 19.6. The molecule has 2 saturated heterocycles. The van der Waals surface area contributed by atoms with Crippen molar-refractivity contribution in [1.29, 1.82) is 0 Å². The van der Waals surface area contributed by atoms with E-state index in [-0.39, 0.29) is 72.9 Å². The molecule has 6 heterocycles. The third kappa shape index (κ3) is 9.49. The van der Waals surface area contributed by atoms with E-state index in [0.717, 1.165) is 24.3 Å². The fourth-order valence-corrected chi connectivity index (χ4v) is 7.04. The summed E-state index contributed by atoms with van der Waals surface area (Å²) in [5.74, 6) is -6.68. The Morgan fingerprint density at radius 1 is 0.645 bits per heavy atom. The van der Waals surface area contributed by atoms with E-state index in [0.29, 0.717) is 72.4 Å². The van der Waals surface area contributed by atoms with Crippen molar-refractivity contribution in [3.05, 3.63) is 70.6 Å². The zero-order valence-electron chi connectivity index (χ0n) is 34.4. The minimum atomic E-state index is -1.53. The van der Waals surface area contributed by atoms with Crippen molar-refractivity contribution >= 4 is 46.7 Å². The van der Waals surface area contributed by atoms with Gasteiger partial charge in [-0.2, -0.15) is 9.97 Å². The van der Waals surface area contributed by atoms with Crippen LogP contribution in [0, 0.1) is 48.8 Å². The molecule has 6 atom stereocenters. The van der Waals surface area contributed by atoms with Crippen LogP contribution in [0.25, 0.3) is 0 Å². The smallest absolute Gasteiger partial charge is 0.246 e. The Kier molecular flexibility index (Phi) is 12.8. The highest BCUT2D eigenvalue weighted by Gasteiger charge is 2.34. The topological polar surface area (TPSA) is 177 Å². The van der Waals surface area contributed by atoms with Crippen molar-refractivity contribution in [2.45, 2.75) is 76.9 Å². The van der Waals surface area contributed by atoms with Crippen LogP contribution in [0.1, 0.15) is 38.1 Å². The molecule has 2 aromatic heterocycles. The molecule has 2 aromatic carbocycles. The molecule has 4 N–H and O–H groups in total. The Morgan fingerprint density at radius 2 is 1.00 bits per heavy atom. The lowest BCUT2D eigenvalue weighted by atomic mass is 10.1. The molecule has 0 spiro atoms. The molecule has 0 bridgehead atoms. The van der Waals surface area contributed by atoms with Crippen molar-refractivity contribution in [3.8, 4) is 11.5 Å². The quantitative estimate of drug-likeness (QED) is 0.120. The molecule has 0 unspecified atom stereocenters. The maximum absolute atomic E-state index is 13.3.